The minimum absolute atomic E-state index is 0.0976. The fraction of sp³-hybridized carbons (Fsp3) is 0.538. The van der Waals surface area contributed by atoms with E-state index in [0.717, 1.165) is 0 Å². The van der Waals surface area contributed by atoms with Crippen LogP contribution in [-0.4, -0.2) is 13.1 Å². The van der Waals surface area contributed by atoms with Gasteiger partial charge in [-0.2, -0.15) is 65.9 Å². The van der Waals surface area contributed by atoms with E-state index in [0.29, 0.717) is 0 Å². The summed E-state index contributed by atoms with van der Waals surface area (Å²) >= 11 is 0. The Morgan fingerprint density at radius 1 is 0.433 bits per heavy atom. The Balaban J connectivity index is 4.87. The second-order valence-corrected chi connectivity index (χ2v) is 9.92. The van der Waals surface area contributed by atoms with Gasteiger partial charge in [0, 0.05) is 0 Å². The van der Waals surface area contributed by atoms with Crippen molar-refractivity contribution in [1.29, 1.82) is 0 Å². The highest BCUT2D eigenvalue weighted by molar-refractivity contribution is 6.84. The van der Waals surface area contributed by atoms with Crippen molar-refractivity contribution in [2.24, 2.45) is 0 Å². The van der Waals surface area contributed by atoms with Crippen molar-refractivity contribution in [2.75, 3.05) is 0 Å². The first-order valence-corrected chi connectivity index (χ1v) is 10.0. The van der Waals surface area contributed by atoms with E-state index in [1.165, 1.54) is 0 Å². The normalized spacial score (nSPS) is 15.0. The molecule has 0 unspecified atom stereocenters. The third-order valence-electron chi connectivity index (χ3n) is 3.53. The lowest BCUT2D eigenvalue weighted by Crippen LogP contribution is -2.52. The summed E-state index contributed by atoms with van der Waals surface area (Å²) in [4.78, 5) is 9.77. The Morgan fingerprint density at radius 3 is 0.733 bits per heavy atom. The van der Waals surface area contributed by atoms with Crippen LogP contribution in [0.2, 0.25) is 13.1 Å². The van der Waals surface area contributed by atoms with Gasteiger partial charge in [0.25, 0.3) is 0 Å². The van der Waals surface area contributed by atoms with Gasteiger partial charge in [0.15, 0.2) is 0 Å². The summed E-state index contributed by atoms with van der Waals surface area (Å²) in [6.07, 6.45) is -33.9. The van der Waals surface area contributed by atoms with Gasteiger partial charge in [-0.05, 0) is 18.3 Å². The van der Waals surface area contributed by atoms with E-state index in [4.69, 9.17) is 0 Å². The fourth-order valence-electron chi connectivity index (χ4n) is 2.78. The molecule has 0 atom stereocenters. The monoisotopic (exact) mass is 492 g/mol. The Hall–Kier alpha value is -1.65. The second kappa shape index (κ2) is 6.93. The Kier molecular flexibility index (Phi) is 6.09. The van der Waals surface area contributed by atoms with E-state index in [-0.39, 0.29) is 13.1 Å². The maximum Gasteiger partial charge on any atom is 0.417 e. The molecule has 0 aliphatic rings. The summed E-state index contributed by atoms with van der Waals surface area (Å²) in [5.41, 5.74) is -19.5. The van der Waals surface area contributed by atoms with Crippen molar-refractivity contribution in [3.63, 3.8) is 0 Å². The highest BCUT2D eigenvalue weighted by Crippen LogP contribution is 2.54. The largest absolute Gasteiger partial charge is 0.428 e. The summed E-state index contributed by atoms with van der Waals surface area (Å²) in [6, 6.07) is 0. The van der Waals surface area contributed by atoms with Gasteiger partial charge in [0.2, 0.25) is 8.32 Å². The van der Waals surface area contributed by atoms with Crippen molar-refractivity contribution >= 4 is 13.5 Å². The van der Waals surface area contributed by atoms with Gasteiger partial charge >= 0.3 is 30.9 Å². The van der Waals surface area contributed by atoms with E-state index in [9.17, 15) is 70.7 Å². The van der Waals surface area contributed by atoms with Crippen molar-refractivity contribution in [1.82, 2.24) is 0 Å². The molecule has 0 saturated heterocycles. The first-order chi connectivity index (χ1) is 12.7. The average molecular weight is 492 g/mol. The third kappa shape index (κ3) is 4.97. The molecule has 174 valence electrons. The molecule has 0 spiro atoms. The molecule has 0 aliphatic heterocycles. The van der Waals surface area contributed by atoms with Crippen molar-refractivity contribution < 1.29 is 70.7 Å². The fourth-order valence-corrected chi connectivity index (χ4v) is 4.54. The van der Waals surface area contributed by atoms with Crippen molar-refractivity contribution in [3.05, 3.63) is 27.8 Å². The zero-order valence-corrected chi connectivity index (χ0v) is 15.1. The number of benzene rings is 1. The molecule has 0 aliphatic carbocycles. The quantitative estimate of drug-likeness (QED) is 0.367. The molecule has 1 aromatic rings. The molecule has 0 heterocycles. The van der Waals surface area contributed by atoms with Crippen LogP contribution in [0.1, 0.15) is 27.8 Å². The number of rotatable bonds is 1. The topological polar surface area (TPSA) is 20.2 Å². The highest BCUT2D eigenvalue weighted by Gasteiger charge is 2.61. The smallest absolute Gasteiger partial charge is 0.417 e. The standard InChI is InChI=1S/C13H7F15OSi/c1-30(2,29)8-6(12(23,24)25)4(10(17,18)19)3(9(14,15)16)5(11(20,21)22)7(8)13(26,27)28/h29H,1-2H3. The first-order valence-electron chi connectivity index (χ1n) is 7.06. The SMILES string of the molecule is C[Si](C)(O)c1c(C(F)(F)F)c(C(F)(F)F)c(C(F)(F)F)c(C(F)(F)F)c1C(F)(F)F. The molecule has 0 saturated carbocycles. The molecule has 30 heavy (non-hydrogen) atoms. The van der Waals surface area contributed by atoms with E-state index < -0.39 is 72.2 Å². The van der Waals surface area contributed by atoms with Crippen LogP contribution in [0.25, 0.3) is 0 Å². The highest BCUT2D eigenvalue weighted by atomic mass is 28.4. The van der Waals surface area contributed by atoms with E-state index in [1.807, 2.05) is 0 Å². The molecule has 0 fully saturated rings. The summed E-state index contributed by atoms with van der Waals surface area (Å²) < 4.78 is 199. The predicted octanol–water partition coefficient (Wildman–Crippen LogP) is 6.19. The van der Waals surface area contributed by atoms with Gasteiger partial charge in [-0.3, -0.25) is 0 Å². The first kappa shape index (κ1) is 26.4. The Labute approximate surface area is 157 Å². The van der Waals surface area contributed by atoms with E-state index in [1.54, 1.807) is 0 Å². The molecule has 1 nitrogen and oxygen atoms in total. The second-order valence-electron chi connectivity index (χ2n) is 6.30. The van der Waals surface area contributed by atoms with Crippen LogP contribution in [0.5, 0.6) is 0 Å². The van der Waals surface area contributed by atoms with Gasteiger partial charge in [0.1, 0.15) is 0 Å². The van der Waals surface area contributed by atoms with Gasteiger partial charge < -0.3 is 4.80 Å². The molecule has 0 amide bonds. The van der Waals surface area contributed by atoms with E-state index in [2.05, 4.69) is 0 Å². The summed E-state index contributed by atoms with van der Waals surface area (Å²) in [7, 11) is -5.45. The number of halogens is 15. The minimum atomic E-state index is -6.94. The molecular formula is C13H7F15OSi. The van der Waals surface area contributed by atoms with Crippen LogP contribution in [0.4, 0.5) is 65.9 Å². The van der Waals surface area contributed by atoms with Gasteiger partial charge in [-0.25, -0.2) is 0 Å². The number of hydrogen-bond donors (Lipinski definition) is 1. The van der Waals surface area contributed by atoms with Crippen LogP contribution in [-0.2, 0) is 30.9 Å². The molecule has 0 radical (unpaired) electrons. The zero-order chi connectivity index (χ0) is 24.5. The molecule has 1 rings (SSSR count). The Bertz CT molecular complexity index is 616. The van der Waals surface area contributed by atoms with Crippen LogP contribution in [0.15, 0.2) is 0 Å². The summed E-state index contributed by atoms with van der Waals surface area (Å²) in [5.74, 6) is 0. The van der Waals surface area contributed by atoms with Crippen molar-refractivity contribution in [2.45, 2.75) is 44.0 Å². The maximum atomic E-state index is 13.3. The molecule has 1 N–H and O–H groups in total. The van der Waals surface area contributed by atoms with Crippen LogP contribution < -0.4 is 5.19 Å². The minimum Gasteiger partial charge on any atom is -0.428 e. The molecule has 17 heteroatoms. The van der Waals surface area contributed by atoms with Crippen molar-refractivity contribution in [3.8, 4) is 0 Å². The maximum absolute atomic E-state index is 13.3. The molecular weight excluding hydrogens is 485 g/mol. The average Bonchev–Trinajstić information content (AvgIpc) is 2.37. The van der Waals surface area contributed by atoms with E-state index >= 15 is 0 Å². The van der Waals surface area contributed by atoms with Crippen LogP contribution >= 0.6 is 0 Å². The number of alkyl halides is 15. The summed E-state index contributed by atoms with van der Waals surface area (Å²) in [5, 5.41) is -2.91. The van der Waals surface area contributed by atoms with Crippen LogP contribution in [0, 0.1) is 0 Å². The molecule has 0 bridgehead atoms. The lowest BCUT2D eigenvalue weighted by molar-refractivity contribution is -0.188. The lowest BCUT2D eigenvalue weighted by Gasteiger charge is -2.33. The molecule has 1 aromatic carbocycles. The third-order valence-corrected chi connectivity index (χ3v) is 5.25. The van der Waals surface area contributed by atoms with Crippen LogP contribution in [0.3, 0.4) is 0 Å². The molecule has 0 aromatic heterocycles. The predicted molar refractivity (Wildman–Crippen MR) is 70.8 cm³/mol. The summed E-state index contributed by atoms with van der Waals surface area (Å²) in [6.45, 7) is 0.195. The van der Waals surface area contributed by atoms with Gasteiger partial charge in [-0.15, -0.1) is 0 Å². The lowest BCUT2D eigenvalue weighted by atomic mass is 9.89. The van der Waals surface area contributed by atoms with Gasteiger partial charge in [-0.1, -0.05) is 0 Å². The Morgan fingerprint density at radius 2 is 0.600 bits per heavy atom. The zero-order valence-electron chi connectivity index (χ0n) is 14.1. The number of hydrogen-bond acceptors (Lipinski definition) is 1. The van der Waals surface area contributed by atoms with Gasteiger partial charge in [0.05, 0.1) is 27.8 Å².